The molecule has 0 aliphatic heterocycles. The smallest absolute Gasteiger partial charge is 0.234 e. The SMILES string of the molecule is O=S(=O)(/C=C/c1ccc(Cl)cc1)NCc1nnc2ccccn12. The summed E-state index contributed by atoms with van der Waals surface area (Å²) in [5.74, 6) is 0.518. The van der Waals surface area contributed by atoms with Crippen LogP contribution in [0.15, 0.2) is 54.1 Å². The van der Waals surface area contributed by atoms with Crippen LogP contribution in [0.25, 0.3) is 11.7 Å². The van der Waals surface area contributed by atoms with Crippen molar-refractivity contribution in [3.05, 3.63) is 70.5 Å². The molecule has 0 aliphatic rings. The van der Waals surface area contributed by atoms with Gasteiger partial charge in [0.25, 0.3) is 0 Å². The van der Waals surface area contributed by atoms with Gasteiger partial charge in [-0.3, -0.25) is 4.40 Å². The Morgan fingerprint density at radius 3 is 2.70 bits per heavy atom. The molecule has 0 unspecified atom stereocenters. The molecule has 0 spiro atoms. The molecule has 8 heteroatoms. The monoisotopic (exact) mass is 348 g/mol. The predicted molar refractivity (Wildman–Crippen MR) is 89.2 cm³/mol. The fraction of sp³-hybridized carbons (Fsp3) is 0.0667. The van der Waals surface area contributed by atoms with Crippen LogP contribution in [0, 0.1) is 0 Å². The highest BCUT2D eigenvalue weighted by atomic mass is 35.5. The van der Waals surface area contributed by atoms with Crippen molar-refractivity contribution in [3.63, 3.8) is 0 Å². The van der Waals surface area contributed by atoms with Gasteiger partial charge in [0.15, 0.2) is 11.5 Å². The van der Waals surface area contributed by atoms with Crippen molar-refractivity contribution in [2.45, 2.75) is 6.54 Å². The Kier molecular flexibility index (Phi) is 4.42. The van der Waals surface area contributed by atoms with Crippen LogP contribution < -0.4 is 4.72 Å². The zero-order valence-electron chi connectivity index (χ0n) is 11.9. The van der Waals surface area contributed by atoms with Crippen molar-refractivity contribution in [1.29, 1.82) is 0 Å². The summed E-state index contributed by atoms with van der Waals surface area (Å²) in [4.78, 5) is 0. The third-order valence-electron chi connectivity index (χ3n) is 3.13. The Morgan fingerprint density at radius 1 is 1.13 bits per heavy atom. The van der Waals surface area contributed by atoms with E-state index in [1.54, 1.807) is 40.9 Å². The van der Waals surface area contributed by atoms with Crippen molar-refractivity contribution in [2.75, 3.05) is 0 Å². The first-order valence-electron chi connectivity index (χ1n) is 6.75. The Morgan fingerprint density at radius 2 is 1.91 bits per heavy atom. The maximum Gasteiger partial charge on any atom is 0.234 e. The number of sulfonamides is 1. The molecule has 6 nitrogen and oxygen atoms in total. The summed E-state index contributed by atoms with van der Waals surface area (Å²) in [6.45, 7) is 0.0540. The Balaban J connectivity index is 1.70. The van der Waals surface area contributed by atoms with Crippen molar-refractivity contribution in [2.24, 2.45) is 0 Å². The van der Waals surface area contributed by atoms with Crippen LogP contribution >= 0.6 is 11.6 Å². The second kappa shape index (κ2) is 6.49. The Hall–Kier alpha value is -2.22. The quantitative estimate of drug-likeness (QED) is 0.768. The van der Waals surface area contributed by atoms with Gasteiger partial charge in [-0.15, -0.1) is 10.2 Å². The minimum atomic E-state index is -3.58. The summed E-state index contributed by atoms with van der Waals surface area (Å²) in [7, 11) is -3.58. The molecule has 2 aromatic heterocycles. The lowest BCUT2D eigenvalue weighted by atomic mass is 10.2. The molecule has 2 heterocycles. The molecular weight excluding hydrogens is 336 g/mol. The Bertz CT molecular complexity index is 949. The van der Waals surface area contributed by atoms with Crippen LogP contribution in [-0.4, -0.2) is 23.0 Å². The molecule has 0 atom stereocenters. The van der Waals surface area contributed by atoms with Gasteiger partial charge in [-0.1, -0.05) is 29.8 Å². The van der Waals surface area contributed by atoms with Gasteiger partial charge in [-0.2, -0.15) is 0 Å². The highest BCUT2D eigenvalue weighted by Gasteiger charge is 2.09. The van der Waals surface area contributed by atoms with Crippen molar-refractivity contribution >= 4 is 33.3 Å². The van der Waals surface area contributed by atoms with Crippen molar-refractivity contribution in [1.82, 2.24) is 19.3 Å². The fourth-order valence-electron chi connectivity index (χ4n) is 1.97. The molecule has 0 saturated carbocycles. The van der Waals surface area contributed by atoms with Crippen LogP contribution in [0.1, 0.15) is 11.4 Å². The maximum atomic E-state index is 12.0. The van der Waals surface area contributed by atoms with Gasteiger partial charge in [-0.25, -0.2) is 13.1 Å². The van der Waals surface area contributed by atoms with E-state index in [4.69, 9.17) is 11.6 Å². The minimum Gasteiger partial charge on any atom is -0.285 e. The first kappa shape index (κ1) is 15.7. The minimum absolute atomic E-state index is 0.0540. The summed E-state index contributed by atoms with van der Waals surface area (Å²) in [5, 5.41) is 9.65. The zero-order chi connectivity index (χ0) is 16.3. The molecule has 0 aliphatic carbocycles. The van der Waals surface area contributed by atoms with Gasteiger partial charge >= 0.3 is 0 Å². The number of benzene rings is 1. The summed E-state index contributed by atoms with van der Waals surface area (Å²) >= 11 is 5.79. The Labute approximate surface area is 138 Å². The topological polar surface area (TPSA) is 76.4 Å². The number of rotatable bonds is 5. The second-order valence-electron chi connectivity index (χ2n) is 4.77. The average Bonchev–Trinajstić information content (AvgIpc) is 2.96. The van der Waals surface area contributed by atoms with E-state index in [0.717, 1.165) is 11.0 Å². The van der Waals surface area contributed by atoms with E-state index in [2.05, 4.69) is 14.9 Å². The number of pyridine rings is 1. The number of nitrogens with zero attached hydrogens (tertiary/aromatic N) is 3. The molecule has 118 valence electrons. The van der Waals surface area contributed by atoms with Gasteiger partial charge < -0.3 is 0 Å². The van der Waals surface area contributed by atoms with E-state index in [1.807, 2.05) is 12.1 Å². The van der Waals surface area contributed by atoms with Crippen LogP contribution in [0.4, 0.5) is 0 Å². The lowest BCUT2D eigenvalue weighted by Crippen LogP contribution is -2.21. The van der Waals surface area contributed by atoms with Crippen LogP contribution in [0.5, 0.6) is 0 Å². The number of nitrogens with one attached hydrogen (secondary N) is 1. The van der Waals surface area contributed by atoms with E-state index in [1.165, 1.54) is 6.08 Å². The van der Waals surface area contributed by atoms with E-state index in [0.29, 0.717) is 16.5 Å². The normalized spacial score (nSPS) is 12.2. The molecule has 1 N–H and O–H groups in total. The second-order valence-corrected chi connectivity index (χ2v) is 6.85. The van der Waals surface area contributed by atoms with Gasteiger partial charge in [0, 0.05) is 16.6 Å². The zero-order valence-corrected chi connectivity index (χ0v) is 13.5. The van der Waals surface area contributed by atoms with Crippen molar-refractivity contribution in [3.8, 4) is 0 Å². The number of aromatic nitrogens is 3. The molecule has 0 saturated heterocycles. The number of hydrogen-bond acceptors (Lipinski definition) is 4. The van der Waals surface area contributed by atoms with Gasteiger partial charge in [0.2, 0.25) is 10.0 Å². The summed E-state index contributed by atoms with van der Waals surface area (Å²) in [5.41, 5.74) is 1.41. The summed E-state index contributed by atoms with van der Waals surface area (Å²) in [6, 6.07) is 12.3. The molecule has 0 fully saturated rings. The van der Waals surface area contributed by atoms with Gasteiger partial charge in [0.05, 0.1) is 6.54 Å². The summed E-state index contributed by atoms with van der Waals surface area (Å²) in [6.07, 6.45) is 3.28. The largest absolute Gasteiger partial charge is 0.285 e. The van der Waals surface area contributed by atoms with E-state index in [9.17, 15) is 8.42 Å². The third kappa shape index (κ3) is 3.95. The molecule has 1 aromatic carbocycles. The maximum absolute atomic E-state index is 12.0. The number of halogens is 1. The van der Waals surface area contributed by atoms with Crippen LogP contribution in [0.2, 0.25) is 5.02 Å². The highest BCUT2D eigenvalue weighted by molar-refractivity contribution is 7.92. The van der Waals surface area contributed by atoms with Crippen LogP contribution in [0.3, 0.4) is 0 Å². The van der Waals surface area contributed by atoms with Gasteiger partial charge in [-0.05, 0) is 35.9 Å². The van der Waals surface area contributed by atoms with E-state index >= 15 is 0 Å². The first-order valence-corrected chi connectivity index (χ1v) is 8.68. The molecule has 23 heavy (non-hydrogen) atoms. The van der Waals surface area contributed by atoms with E-state index in [-0.39, 0.29) is 6.54 Å². The molecular formula is C15H13ClN4O2S. The standard InChI is InChI=1S/C15H13ClN4O2S/c16-13-6-4-12(5-7-13)8-10-23(21,22)17-11-15-19-18-14-3-1-2-9-20(14)15/h1-10,17H,11H2/b10-8+. The van der Waals surface area contributed by atoms with Crippen LogP contribution in [-0.2, 0) is 16.6 Å². The van der Waals surface area contributed by atoms with Crippen molar-refractivity contribution < 1.29 is 8.42 Å². The number of hydrogen-bond donors (Lipinski definition) is 1. The molecule has 3 aromatic rings. The van der Waals surface area contributed by atoms with Gasteiger partial charge in [0.1, 0.15) is 0 Å². The first-order chi connectivity index (χ1) is 11.0. The summed E-state index contributed by atoms with van der Waals surface area (Å²) < 4.78 is 28.2. The number of fused-ring (bicyclic) bond motifs is 1. The lowest BCUT2D eigenvalue weighted by Gasteiger charge is -2.02. The fourth-order valence-corrected chi connectivity index (χ4v) is 2.86. The lowest BCUT2D eigenvalue weighted by molar-refractivity contribution is 0.588. The highest BCUT2D eigenvalue weighted by Crippen LogP contribution is 2.11. The molecule has 3 rings (SSSR count). The molecule has 0 amide bonds. The predicted octanol–water partition coefficient (Wildman–Crippen LogP) is 2.47. The average molecular weight is 349 g/mol. The molecule has 0 bridgehead atoms. The molecule has 0 radical (unpaired) electrons. The third-order valence-corrected chi connectivity index (χ3v) is 4.42. The van der Waals surface area contributed by atoms with E-state index < -0.39 is 10.0 Å².